The number of anilines is 1. The van der Waals surface area contributed by atoms with Gasteiger partial charge in [0.05, 0.1) is 16.9 Å². The molecular weight excluding hydrogens is 322 g/mol. The van der Waals surface area contributed by atoms with Crippen LogP contribution in [0.3, 0.4) is 0 Å². The van der Waals surface area contributed by atoms with Crippen molar-refractivity contribution in [2.45, 2.75) is 4.90 Å². The molecule has 0 amide bonds. The number of hydrogen-bond acceptors (Lipinski definition) is 6. The standard InChI is InChI=1S/C6H7NO4S2.Ag/c7-5-3-1-2-4-6(5)12-11-13(8,9)10;/h1-4H,7H2,(H,8,9,10);/q;+1/p-1. The molecule has 0 aliphatic carbocycles. The molecule has 0 radical (unpaired) electrons. The molecule has 0 heterocycles. The molecule has 0 aliphatic heterocycles. The summed E-state index contributed by atoms with van der Waals surface area (Å²) >= 11 is 0.429. The molecule has 2 N–H and O–H groups in total. The Labute approximate surface area is 102 Å². The summed E-state index contributed by atoms with van der Waals surface area (Å²) < 4.78 is 34.2. The maximum Gasteiger partial charge on any atom is 1.00 e. The Hall–Kier alpha value is -0.0197. The van der Waals surface area contributed by atoms with Crippen LogP contribution >= 0.6 is 12.0 Å². The fraction of sp³-hybridized carbons (Fsp3) is 0. The number of nitrogens with two attached hydrogens (primary N) is 1. The van der Waals surface area contributed by atoms with E-state index in [0.717, 1.165) is 0 Å². The Balaban J connectivity index is 0.00000169. The second-order valence-electron chi connectivity index (χ2n) is 2.10. The molecule has 0 saturated carbocycles. The van der Waals surface area contributed by atoms with E-state index in [-0.39, 0.29) is 22.4 Å². The van der Waals surface area contributed by atoms with Crippen LogP contribution in [-0.4, -0.2) is 13.0 Å². The second-order valence-corrected chi connectivity index (χ2v) is 4.06. The summed E-state index contributed by atoms with van der Waals surface area (Å²) in [5, 5.41) is 0. The van der Waals surface area contributed by atoms with Gasteiger partial charge in [-0.1, -0.05) is 12.1 Å². The summed E-state index contributed by atoms with van der Waals surface area (Å²) in [4.78, 5) is 0.391. The first-order chi connectivity index (χ1) is 5.99. The summed E-state index contributed by atoms with van der Waals surface area (Å²) in [6.07, 6.45) is 0. The van der Waals surface area contributed by atoms with Crippen molar-refractivity contribution < 1.29 is 39.0 Å². The first kappa shape index (κ1) is 14.0. The molecule has 0 aromatic heterocycles. The third kappa shape index (κ3) is 5.01. The van der Waals surface area contributed by atoms with Crippen LogP contribution in [0.15, 0.2) is 29.2 Å². The van der Waals surface area contributed by atoms with Crippen molar-refractivity contribution in [1.29, 1.82) is 0 Å². The molecule has 14 heavy (non-hydrogen) atoms. The Bertz CT molecular complexity index is 395. The molecule has 0 atom stereocenters. The average Bonchev–Trinajstić information content (AvgIpc) is 2.01. The van der Waals surface area contributed by atoms with Crippen LogP contribution in [0.4, 0.5) is 5.69 Å². The van der Waals surface area contributed by atoms with Gasteiger partial charge < -0.3 is 10.3 Å². The third-order valence-electron chi connectivity index (χ3n) is 1.13. The number of nitrogen functional groups attached to an aromatic ring is 1. The summed E-state index contributed by atoms with van der Waals surface area (Å²) in [5.41, 5.74) is 5.81. The van der Waals surface area contributed by atoms with Crippen LogP contribution in [0.2, 0.25) is 0 Å². The number of hydrogen-bond donors (Lipinski definition) is 1. The van der Waals surface area contributed by atoms with Crippen LogP contribution in [0.1, 0.15) is 0 Å². The first-order valence-electron chi connectivity index (χ1n) is 3.15. The van der Waals surface area contributed by atoms with Crippen molar-refractivity contribution in [2.75, 3.05) is 5.73 Å². The van der Waals surface area contributed by atoms with Gasteiger partial charge in [-0.15, -0.1) is 0 Å². The van der Waals surface area contributed by atoms with Gasteiger partial charge in [0.1, 0.15) is 0 Å². The normalized spacial score (nSPS) is 10.6. The Morgan fingerprint density at radius 2 is 1.93 bits per heavy atom. The van der Waals surface area contributed by atoms with E-state index in [2.05, 4.69) is 3.63 Å². The van der Waals surface area contributed by atoms with Gasteiger partial charge in [0.2, 0.25) is 10.4 Å². The van der Waals surface area contributed by atoms with Crippen LogP contribution < -0.4 is 5.73 Å². The van der Waals surface area contributed by atoms with E-state index in [1.165, 1.54) is 0 Å². The Morgan fingerprint density at radius 1 is 1.36 bits per heavy atom. The van der Waals surface area contributed by atoms with Crippen LogP contribution in [0.5, 0.6) is 0 Å². The minimum absolute atomic E-state index is 0. The van der Waals surface area contributed by atoms with Gasteiger partial charge in [-0.2, -0.15) is 0 Å². The SMILES string of the molecule is Nc1ccccc1SOS(=O)(=O)[O-].[Ag+]. The van der Waals surface area contributed by atoms with Crippen molar-refractivity contribution in [3.63, 3.8) is 0 Å². The van der Waals surface area contributed by atoms with Gasteiger partial charge >= 0.3 is 22.4 Å². The smallest absolute Gasteiger partial charge is 0.725 e. The van der Waals surface area contributed by atoms with Crippen molar-refractivity contribution in [2.24, 2.45) is 0 Å². The summed E-state index contributed by atoms with van der Waals surface area (Å²) in [5.74, 6) is 0. The van der Waals surface area contributed by atoms with E-state index < -0.39 is 10.4 Å². The molecular formula is C6H6AgNO4S2. The summed E-state index contributed by atoms with van der Waals surface area (Å²) in [7, 11) is -4.68. The molecule has 0 spiro atoms. The maximum atomic E-state index is 10.1. The molecule has 0 fully saturated rings. The fourth-order valence-corrected chi connectivity index (χ4v) is 1.56. The number of benzene rings is 1. The molecule has 5 nitrogen and oxygen atoms in total. The van der Waals surface area contributed by atoms with Crippen molar-refractivity contribution in [3.8, 4) is 0 Å². The largest absolute Gasteiger partial charge is 1.00 e. The molecule has 0 unspecified atom stereocenters. The predicted molar refractivity (Wildman–Crippen MR) is 47.5 cm³/mol. The monoisotopic (exact) mass is 327 g/mol. The van der Waals surface area contributed by atoms with Gasteiger partial charge in [-0.05, 0) is 12.1 Å². The van der Waals surface area contributed by atoms with Gasteiger partial charge in [0.15, 0.2) is 0 Å². The minimum atomic E-state index is -4.68. The zero-order valence-corrected chi connectivity index (χ0v) is 9.75. The molecule has 1 rings (SSSR count). The summed E-state index contributed by atoms with van der Waals surface area (Å²) in [6, 6.07) is 6.46. The molecule has 1 aromatic rings. The van der Waals surface area contributed by atoms with E-state index in [4.69, 9.17) is 5.73 Å². The van der Waals surface area contributed by atoms with Crippen molar-refractivity contribution in [1.82, 2.24) is 0 Å². The van der Waals surface area contributed by atoms with Crippen LogP contribution in [0.25, 0.3) is 0 Å². The van der Waals surface area contributed by atoms with E-state index >= 15 is 0 Å². The van der Waals surface area contributed by atoms with Crippen LogP contribution in [-0.2, 0) is 36.4 Å². The summed E-state index contributed by atoms with van der Waals surface area (Å²) in [6.45, 7) is 0. The van der Waals surface area contributed by atoms with Crippen LogP contribution in [0, 0.1) is 0 Å². The van der Waals surface area contributed by atoms with Gasteiger partial charge in [0.25, 0.3) is 0 Å². The fourth-order valence-electron chi connectivity index (χ4n) is 0.635. The van der Waals surface area contributed by atoms with E-state index in [9.17, 15) is 13.0 Å². The first-order valence-corrected chi connectivity index (χ1v) is 5.23. The quantitative estimate of drug-likeness (QED) is 0.289. The van der Waals surface area contributed by atoms with Gasteiger partial charge in [-0.25, -0.2) is 12.0 Å². The average molecular weight is 328 g/mol. The van der Waals surface area contributed by atoms with Crippen molar-refractivity contribution >= 4 is 28.1 Å². The zero-order chi connectivity index (χ0) is 9.90. The maximum absolute atomic E-state index is 10.1. The second kappa shape index (κ2) is 5.76. The Morgan fingerprint density at radius 3 is 2.43 bits per heavy atom. The van der Waals surface area contributed by atoms with E-state index in [1.54, 1.807) is 24.3 Å². The topological polar surface area (TPSA) is 92.5 Å². The molecule has 1 aromatic carbocycles. The molecule has 0 bridgehead atoms. The molecule has 0 saturated heterocycles. The van der Waals surface area contributed by atoms with E-state index in [1.807, 2.05) is 0 Å². The predicted octanol–water partition coefficient (Wildman–Crippen LogP) is 0.750. The van der Waals surface area contributed by atoms with Crippen molar-refractivity contribution in [3.05, 3.63) is 24.3 Å². The number of para-hydroxylation sites is 1. The number of rotatable bonds is 3. The minimum Gasteiger partial charge on any atom is -0.725 e. The molecule has 8 heteroatoms. The van der Waals surface area contributed by atoms with Gasteiger partial charge in [-0.3, -0.25) is 0 Å². The molecule has 82 valence electrons. The Kier molecular flexibility index (Phi) is 5.75. The van der Waals surface area contributed by atoms with E-state index in [0.29, 0.717) is 22.6 Å². The van der Waals surface area contributed by atoms with Gasteiger partial charge in [0, 0.05) is 5.69 Å². The third-order valence-corrected chi connectivity index (χ3v) is 2.62. The molecule has 0 aliphatic rings. The zero-order valence-electron chi connectivity index (χ0n) is 6.64.